The van der Waals surface area contributed by atoms with E-state index in [-0.39, 0.29) is 5.91 Å². The van der Waals surface area contributed by atoms with Gasteiger partial charge < -0.3 is 15.0 Å². The maximum atomic E-state index is 12.8. The van der Waals surface area contributed by atoms with E-state index < -0.39 is 6.10 Å². The molecular formula is C26H26N4O2. The van der Waals surface area contributed by atoms with E-state index in [9.17, 15) is 4.79 Å². The fraction of sp³-hybridized carbons (Fsp3) is 0.154. The number of amides is 1. The van der Waals surface area contributed by atoms with Gasteiger partial charge in [0.05, 0.1) is 0 Å². The molecule has 0 aliphatic heterocycles. The van der Waals surface area contributed by atoms with Crippen molar-refractivity contribution in [2.75, 3.05) is 11.9 Å². The van der Waals surface area contributed by atoms with Crippen LogP contribution in [0.4, 0.5) is 5.69 Å². The number of hydrogen-bond acceptors (Lipinski definition) is 3. The Morgan fingerprint density at radius 3 is 2.44 bits per heavy atom. The van der Waals surface area contributed by atoms with Crippen molar-refractivity contribution in [1.82, 2.24) is 10.3 Å². The van der Waals surface area contributed by atoms with Crippen LogP contribution < -0.4 is 15.4 Å². The van der Waals surface area contributed by atoms with Crippen molar-refractivity contribution in [1.29, 1.82) is 0 Å². The zero-order chi connectivity index (χ0) is 22.2. The number of aromatic nitrogens is 1. The predicted molar refractivity (Wildman–Crippen MR) is 129 cm³/mol. The summed E-state index contributed by atoms with van der Waals surface area (Å²) in [6.45, 7) is 2.24. The number of carbonyl (C=O) groups is 1. The van der Waals surface area contributed by atoms with Crippen molar-refractivity contribution < 1.29 is 9.53 Å². The molecule has 4 rings (SSSR count). The quantitative estimate of drug-likeness (QED) is 0.294. The summed E-state index contributed by atoms with van der Waals surface area (Å²) in [6, 6.07) is 27.1. The molecule has 6 nitrogen and oxygen atoms in total. The second-order valence-electron chi connectivity index (χ2n) is 7.39. The maximum absolute atomic E-state index is 12.8. The van der Waals surface area contributed by atoms with Crippen LogP contribution in [0.3, 0.4) is 0 Å². The molecule has 3 N–H and O–H groups in total. The third kappa shape index (κ3) is 5.55. The van der Waals surface area contributed by atoms with E-state index in [1.165, 1.54) is 10.9 Å². The number of guanidine groups is 1. The number of ether oxygens (including phenoxy) is 1. The zero-order valence-corrected chi connectivity index (χ0v) is 17.9. The molecule has 32 heavy (non-hydrogen) atoms. The lowest BCUT2D eigenvalue weighted by molar-refractivity contribution is -0.125. The average molecular weight is 427 g/mol. The van der Waals surface area contributed by atoms with Gasteiger partial charge in [0.2, 0.25) is 5.96 Å². The highest BCUT2D eigenvalue weighted by molar-refractivity contribution is 6.05. The molecular weight excluding hydrogens is 400 g/mol. The summed E-state index contributed by atoms with van der Waals surface area (Å²) < 4.78 is 5.74. The molecule has 0 fully saturated rings. The van der Waals surface area contributed by atoms with E-state index >= 15 is 0 Å². The minimum Gasteiger partial charge on any atom is -0.481 e. The number of benzene rings is 3. The van der Waals surface area contributed by atoms with Crippen LogP contribution in [0.2, 0.25) is 0 Å². The summed E-state index contributed by atoms with van der Waals surface area (Å²) in [5.74, 6) is 0.761. The van der Waals surface area contributed by atoms with Crippen LogP contribution in [0.1, 0.15) is 12.5 Å². The van der Waals surface area contributed by atoms with Crippen molar-refractivity contribution in [3.05, 3.63) is 96.7 Å². The van der Waals surface area contributed by atoms with E-state index in [2.05, 4.69) is 32.7 Å². The number of nitrogens with zero attached hydrogens (tertiary/aromatic N) is 1. The number of para-hydroxylation sites is 3. The zero-order valence-electron chi connectivity index (χ0n) is 17.9. The largest absolute Gasteiger partial charge is 0.481 e. The van der Waals surface area contributed by atoms with Gasteiger partial charge in [0.15, 0.2) is 6.10 Å². The number of hydrogen-bond donors (Lipinski definition) is 3. The fourth-order valence-electron chi connectivity index (χ4n) is 3.37. The molecule has 0 saturated heterocycles. The topological polar surface area (TPSA) is 78.5 Å². The molecule has 1 atom stereocenters. The molecule has 0 bridgehead atoms. The second-order valence-corrected chi connectivity index (χ2v) is 7.39. The molecule has 0 aliphatic rings. The fourth-order valence-corrected chi connectivity index (χ4v) is 3.37. The number of carbonyl (C=O) groups excluding carboxylic acids is 1. The third-order valence-corrected chi connectivity index (χ3v) is 5.03. The first-order chi connectivity index (χ1) is 15.7. The van der Waals surface area contributed by atoms with Gasteiger partial charge in [0.1, 0.15) is 5.75 Å². The lowest BCUT2D eigenvalue weighted by atomic mass is 10.1. The van der Waals surface area contributed by atoms with Gasteiger partial charge in [-0.05, 0) is 49.2 Å². The lowest BCUT2D eigenvalue weighted by Crippen LogP contribution is -2.43. The van der Waals surface area contributed by atoms with Crippen LogP contribution in [-0.2, 0) is 11.2 Å². The van der Waals surface area contributed by atoms with Gasteiger partial charge in [0, 0.05) is 29.3 Å². The second kappa shape index (κ2) is 10.3. The first kappa shape index (κ1) is 21.2. The number of aliphatic imine (C=N–C) groups is 1. The standard InChI is InChI=1S/C26H26N4O2/c1-19(32-22-12-6-3-7-13-22)25(31)30-26(29-21-10-4-2-5-11-21)27-17-16-20-18-28-24-15-9-8-14-23(20)24/h2-15,18-19,28H,16-17H2,1H3,(H2,27,29,30,31)/t19-/m1/s1. The summed E-state index contributed by atoms with van der Waals surface area (Å²) in [4.78, 5) is 20.7. The monoisotopic (exact) mass is 426 g/mol. The van der Waals surface area contributed by atoms with Crippen LogP contribution in [0.25, 0.3) is 10.9 Å². The summed E-state index contributed by atoms with van der Waals surface area (Å²) in [5, 5.41) is 7.26. The Hall–Kier alpha value is -4.06. The van der Waals surface area contributed by atoms with Crippen molar-refractivity contribution in [2.24, 2.45) is 4.99 Å². The van der Waals surface area contributed by atoms with Crippen LogP contribution >= 0.6 is 0 Å². The van der Waals surface area contributed by atoms with Gasteiger partial charge in [-0.3, -0.25) is 15.1 Å². The lowest BCUT2D eigenvalue weighted by Gasteiger charge is -2.17. The molecule has 0 saturated carbocycles. The van der Waals surface area contributed by atoms with Crippen molar-refractivity contribution in [2.45, 2.75) is 19.4 Å². The number of nitrogens with one attached hydrogen (secondary N) is 3. The highest BCUT2D eigenvalue weighted by Gasteiger charge is 2.17. The van der Waals surface area contributed by atoms with Crippen molar-refractivity contribution in [3.8, 4) is 5.75 Å². The van der Waals surface area contributed by atoms with Crippen LogP contribution in [0.15, 0.2) is 96.1 Å². The number of H-pyrrole nitrogens is 1. The van der Waals surface area contributed by atoms with Crippen LogP contribution in [0.5, 0.6) is 5.75 Å². The van der Waals surface area contributed by atoms with Gasteiger partial charge in [-0.2, -0.15) is 0 Å². The number of anilines is 1. The van der Waals surface area contributed by atoms with E-state index in [1.54, 1.807) is 6.92 Å². The smallest absolute Gasteiger partial charge is 0.267 e. The molecule has 1 aromatic heterocycles. The number of fused-ring (bicyclic) bond motifs is 1. The molecule has 4 aromatic rings. The maximum Gasteiger partial charge on any atom is 0.267 e. The highest BCUT2D eigenvalue weighted by atomic mass is 16.5. The molecule has 0 spiro atoms. The summed E-state index contributed by atoms with van der Waals surface area (Å²) in [7, 11) is 0. The highest BCUT2D eigenvalue weighted by Crippen LogP contribution is 2.18. The van der Waals surface area contributed by atoms with Gasteiger partial charge in [-0.25, -0.2) is 0 Å². The Morgan fingerprint density at radius 1 is 0.969 bits per heavy atom. The Morgan fingerprint density at radius 2 is 1.66 bits per heavy atom. The summed E-state index contributed by atoms with van der Waals surface area (Å²) >= 11 is 0. The van der Waals surface area contributed by atoms with Crippen LogP contribution in [0, 0.1) is 0 Å². The molecule has 0 radical (unpaired) electrons. The molecule has 162 valence electrons. The Labute approximate surface area is 187 Å². The normalized spacial score (nSPS) is 12.3. The van der Waals surface area contributed by atoms with Crippen molar-refractivity contribution in [3.63, 3.8) is 0 Å². The Kier molecular flexibility index (Phi) is 6.82. The average Bonchev–Trinajstić information content (AvgIpc) is 3.23. The summed E-state index contributed by atoms with van der Waals surface area (Å²) in [6.07, 6.45) is 2.09. The minimum atomic E-state index is -0.672. The van der Waals surface area contributed by atoms with E-state index in [0.29, 0.717) is 18.3 Å². The SMILES string of the molecule is C[C@@H](Oc1ccccc1)C(=O)NC(=NCCc1c[nH]c2ccccc12)Nc1ccccc1. The molecule has 1 heterocycles. The summed E-state index contributed by atoms with van der Waals surface area (Å²) in [5.41, 5.74) is 3.14. The molecule has 0 unspecified atom stereocenters. The first-order valence-electron chi connectivity index (χ1n) is 10.6. The van der Waals surface area contributed by atoms with E-state index in [0.717, 1.165) is 17.6 Å². The Balaban J connectivity index is 1.44. The van der Waals surface area contributed by atoms with Crippen LogP contribution in [-0.4, -0.2) is 29.5 Å². The van der Waals surface area contributed by atoms with E-state index in [4.69, 9.17) is 4.74 Å². The molecule has 6 heteroatoms. The minimum absolute atomic E-state index is 0.275. The molecule has 1 amide bonds. The van der Waals surface area contributed by atoms with Gasteiger partial charge in [-0.1, -0.05) is 54.6 Å². The van der Waals surface area contributed by atoms with Gasteiger partial charge >= 0.3 is 0 Å². The van der Waals surface area contributed by atoms with Gasteiger partial charge in [0.25, 0.3) is 5.91 Å². The van der Waals surface area contributed by atoms with Gasteiger partial charge in [-0.15, -0.1) is 0 Å². The first-order valence-corrected chi connectivity index (χ1v) is 10.6. The Bertz CT molecular complexity index is 1190. The predicted octanol–water partition coefficient (Wildman–Crippen LogP) is 4.76. The molecule has 3 aromatic carbocycles. The number of aromatic amines is 1. The number of rotatable bonds is 7. The van der Waals surface area contributed by atoms with Crippen molar-refractivity contribution >= 4 is 28.5 Å². The molecule has 0 aliphatic carbocycles. The van der Waals surface area contributed by atoms with E-state index in [1.807, 2.05) is 79.0 Å². The third-order valence-electron chi connectivity index (χ3n) is 5.03.